The lowest BCUT2D eigenvalue weighted by molar-refractivity contribution is -0.115. The number of hydrogen-bond acceptors (Lipinski definition) is 3. The fourth-order valence-corrected chi connectivity index (χ4v) is 3.78. The molecule has 184 valence electrons. The second kappa shape index (κ2) is 11.4. The van der Waals surface area contributed by atoms with Gasteiger partial charge in [-0.05, 0) is 53.4 Å². The van der Waals surface area contributed by atoms with E-state index in [0.29, 0.717) is 22.3 Å². The summed E-state index contributed by atoms with van der Waals surface area (Å²) in [4.78, 5) is 27.2. The summed E-state index contributed by atoms with van der Waals surface area (Å²) in [6.07, 6.45) is 0.208. The zero-order valence-corrected chi connectivity index (χ0v) is 20.4. The number of nitrogens with two attached hydrogens (primary N) is 1. The summed E-state index contributed by atoms with van der Waals surface area (Å²) in [5, 5.41) is 3.24. The monoisotopic (exact) mass is 499 g/mol. The van der Waals surface area contributed by atoms with E-state index in [2.05, 4.69) is 5.32 Å². The summed E-state index contributed by atoms with van der Waals surface area (Å²) in [5.41, 5.74) is 7.27. The molecular weight excluding hydrogens is 472 g/mol. The van der Waals surface area contributed by atoms with E-state index >= 15 is 0 Å². The Morgan fingerprint density at radius 3 is 2.29 bits per heavy atom. The highest BCUT2D eigenvalue weighted by atomic mass is 35.5. The molecule has 0 aliphatic carbocycles. The summed E-state index contributed by atoms with van der Waals surface area (Å²) < 4.78 is 27.6. The molecule has 0 aliphatic rings. The van der Waals surface area contributed by atoms with Crippen molar-refractivity contribution in [1.29, 1.82) is 0 Å². The van der Waals surface area contributed by atoms with Crippen molar-refractivity contribution in [2.24, 2.45) is 11.1 Å². The number of nitrogens with one attached hydrogen (secondary N) is 1. The Hall–Kier alpha value is -3.29. The van der Waals surface area contributed by atoms with E-state index in [1.54, 1.807) is 18.2 Å². The normalized spacial score (nSPS) is 11.3. The van der Waals surface area contributed by atoms with Crippen LogP contribution in [-0.4, -0.2) is 29.8 Å². The van der Waals surface area contributed by atoms with Gasteiger partial charge in [-0.3, -0.25) is 9.59 Å². The Morgan fingerprint density at radius 2 is 1.66 bits per heavy atom. The van der Waals surface area contributed by atoms with Crippen molar-refractivity contribution in [1.82, 2.24) is 4.90 Å². The van der Waals surface area contributed by atoms with Gasteiger partial charge in [0, 0.05) is 35.4 Å². The minimum absolute atomic E-state index is 0.0572. The van der Waals surface area contributed by atoms with Gasteiger partial charge in [0.25, 0.3) is 5.91 Å². The maximum Gasteiger partial charge on any atom is 0.254 e. The van der Waals surface area contributed by atoms with Gasteiger partial charge in [-0.25, -0.2) is 8.78 Å². The summed E-state index contributed by atoms with van der Waals surface area (Å²) >= 11 is 6.42. The molecule has 3 N–H and O–H groups in total. The minimum Gasteiger partial charge on any atom is -0.334 e. The summed E-state index contributed by atoms with van der Waals surface area (Å²) in [7, 11) is 0. The van der Waals surface area contributed by atoms with E-state index in [1.807, 2.05) is 44.2 Å². The van der Waals surface area contributed by atoms with Crippen LogP contribution in [0.2, 0.25) is 5.02 Å². The Balaban J connectivity index is 1.84. The van der Waals surface area contributed by atoms with Crippen LogP contribution in [-0.2, 0) is 17.8 Å². The number of carbonyl (C=O) groups excluding carboxylic acids is 2. The van der Waals surface area contributed by atoms with Gasteiger partial charge < -0.3 is 16.0 Å². The van der Waals surface area contributed by atoms with Gasteiger partial charge in [0.15, 0.2) is 0 Å². The van der Waals surface area contributed by atoms with Crippen molar-refractivity contribution in [3.8, 4) is 0 Å². The fourth-order valence-electron chi connectivity index (χ4n) is 3.61. The Morgan fingerprint density at radius 1 is 1.00 bits per heavy atom. The van der Waals surface area contributed by atoms with Crippen molar-refractivity contribution < 1.29 is 18.4 Å². The van der Waals surface area contributed by atoms with Crippen molar-refractivity contribution in [3.63, 3.8) is 0 Å². The third-order valence-electron chi connectivity index (χ3n) is 5.47. The van der Waals surface area contributed by atoms with Crippen molar-refractivity contribution in [2.45, 2.75) is 26.8 Å². The molecule has 0 spiro atoms. The average molecular weight is 500 g/mol. The van der Waals surface area contributed by atoms with Crippen LogP contribution in [0.4, 0.5) is 14.5 Å². The first-order valence-corrected chi connectivity index (χ1v) is 11.5. The molecule has 0 aromatic heterocycles. The SMILES string of the molecule is CC(C)(CN)CN(Cc1cc(NC(=O)Cc2ccccc2)ccc1Cl)C(=O)c1cc(F)cc(F)c1. The minimum atomic E-state index is -0.840. The standard InChI is InChI=1S/C27H28ClF2N3O2/c1-27(2,16-31)17-33(26(35)19-11-21(29)14-22(30)12-19)15-20-13-23(8-9-24(20)28)32-25(34)10-18-6-4-3-5-7-18/h3-9,11-14H,10,15-17,31H2,1-2H3,(H,32,34). The van der Waals surface area contributed by atoms with Crippen LogP contribution in [0.1, 0.15) is 35.3 Å². The molecule has 0 aliphatic heterocycles. The molecule has 0 bridgehead atoms. The van der Waals surface area contributed by atoms with Crippen LogP contribution < -0.4 is 11.1 Å². The Kier molecular flexibility index (Phi) is 8.59. The number of halogens is 3. The highest BCUT2D eigenvalue weighted by Gasteiger charge is 2.26. The predicted octanol–water partition coefficient (Wildman–Crippen LogP) is 5.43. The molecule has 0 fully saturated rings. The van der Waals surface area contributed by atoms with Gasteiger partial charge in [0.05, 0.1) is 6.42 Å². The third kappa shape index (κ3) is 7.60. The first kappa shape index (κ1) is 26.3. The van der Waals surface area contributed by atoms with Crippen LogP contribution >= 0.6 is 11.6 Å². The molecule has 35 heavy (non-hydrogen) atoms. The second-order valence-corrected chi connectivity index (χ2v) is 9.61. The molecule has 3 aromatic carbocycles. The number of rotatable bonds is 9. The van der Waals surface area contributed by atoms with Crippen molar-refractivity contribution in [3.05, 3.63) is 100 Å². The zero-order chi connectivity index (χ0) is 25.6. The maximum absolute atomic E-state index is 13.8. The predicted molar refractivity (Wildman–Crippen MR) is 134 cm³/mol. The molecule has 0 radical (unpaired) electrons. The van der Waals surface area contributed by atoms with E-state index in [4.69, 9.17) is 17.3 Å². The number of carbonyl (C=O) groups is 2. The van der Waals surface area contributed by atoms with E-state index < -0.39 is 23.0 Å². The van der Waals surface area contributed by atoms with E-state index in [1.165, 1.54) is 4.90 Å². The molecule has 3 aromatic rings. The second-order valence-electron chi connectivity index (χ2n) is 9.20. The van der Waals surface area contributed by atoms with Gasteiger partial charge in [-0.15, -0.1) is 0 Å². The average Bonchev–Trinajstić information content (AvgIpc) is 2.80. The number of hydrogen-bond donors (Lipinski definition) is 2. The lowest BCUT2D eigenvalue weighted by Gasteiger charge is -2.32. The number of amides is 2. The molecule has 0 unspecified atom stereocenters. The fraction of sp³-hybridized carbons (Fsp3) is 0.259. The highest BCUT2D eigenvalue weighted by molar-refractivity contribution is 6.31. The quantitative estimate of drug-likeness (QED) is 0.412. The third-order valence-corrected chi connectivity index (χ3v) is 5.84. The largest absolute Gasteiger partial charge is 0.334 e. The lowest BCUT2D eigenvalue weighted by Crippen LogP contribution is -2.41. The first-order valence-electron chi connectivity index (χ1n) is 11.1. The Labute approximate surface area is 208 Å². The molecule has 0 heterocycles. The topological polar surface area (TPSA) is 75.4 Å². The van der Waals surface area contributed by atoms with Gasteiger partial charge in [-0.1, -0.05) is 55.8 Å². The lowest BCUT2D eigenvalue weighted by atomic mass is 9.92. The van der Waals surface area contributed by atoms with Gasteiger partial charge in [0.2, 0.25) is 5.91 Å². The molecule has 8 heteroatoms. The number of benzene rings is 3. The smallest absolute Gasteiger partial charge is 0.254 e. The first-order chi connectivity index (χ1) is 16.6. The van der Waals surface area contributed by atoms with Crippen molar-refractivity contribution >= 4 is 29.1 Å². The van der Waals surface area contributed by atoms with E-state index in [-0.39, 0.29) is 37.5 Å². The molecular formula is C27H28ClF2N3O2. The van der Waals surface area contributed by atoms with Gasteiger partial charge >= 0.3 is 0 Å². The van der Waals surface area contributed by atoms with Gasteiger partial charge in [-0.2, -0.15) is 0 Å². The van der Waals surface area contributed by atoms with Crippen LogP contribution in [0.3, 0.4) is 0 Å². The van der Waals surface area contributed by atoms with Crippen LogP contribution in [0.25, 0.3) is 0 Å². The summed E-state index contributed by atoms with van der Waals surface area (Å²) in [5.74, 6) is -2.43. The van der Waals surface area contributed by atoms with E-state index in [0.717, 1.165) is 17.7 Å². The zero-order valence-electron chi connectivity index (χ0n) is 19.7. The Bertz CT molecular complexity index is 1180. The molecule has 0 atom stereocenters. The van der Waals surface area contributed by atoms with Crippen LogP contribution in [0, 0.1) is 17.0 Å². The molecule has 5 nitrogen and oxygen atoms in total. The van der Waals surface area contributed by atoms with Crippen LogP contribution in [0.5, 0.6) is 0 Å². The van der Waals surface area contributed by atoms with Crippen molar-refractivity contribution in [2.75, 3.05) is 18.4 Å². The van der Waals surface area contributed by atoms with Gasteiger partial charge in [0.1, 0.15) is 11.6 Å². The highest BCUT2D eigenvalue weighted by Crippen LogP contribution is 2.26. The molecule has 3 rings (SSSR count). The molecule has 0 saturated heterocycles. The number of anilines is 1. The summed E-state index contributed by atoms with van der Waals surface area (Å²) in [6.45, 7) is 4.35. The van der Waals surface area contributed by atoms with E-state index in [9.17, 15) is 18.4 Å². The molecule has 2 amide bonds. The molecule has 0 saturated carbocycles. The number of nitrogens with zero attached hydrogens (tertiary/aromatic N) is 1. The maximum atomic E-state index is 13.8. The van der Waals surface area contributed by atoms with Crippen LogP contribution in [0.15, 0.2) is 66.7 Å². The summed E-state index contributed by atoms with van der Waals surface area (Å²) in [6, 6.07) is 17.0.